The molecule has 0 aliphatic carbocycles. The Hall–Kier alpha value is -1.02. The average molecular weight is 220 g/mol. The number of nitrogens with zero attached hydrogens (tertiary/aromatic N) is 1. The van der Waals surface area contributed by atoms with Crippen molar-refractivity contribution in [3.8, 4) is 0 Å². The van der Waals surface area contributed by atoms with Crippen molar-refractivity contribution in [1.29, 1.82) is 0 Å². The van der Waals surface area contributed by atoms with E-state index in [1.807, 2.05) is 0 Å². The number of hydrogen-bond donors (Lipinski definition) is 1. The first kappa shape index (κ1) is 13.0. The lowest BCUT2D eigenvalue weighted by Crippen LogP contribution is -2.22. The van der Waals surface area contributed by atoms with Gasteiger partial charge in [0.25, 0.3) is 0 Å². The maximum absolute atomic E-state index is 5.74. The molecule has 0 saturated heterocycles. The SMILES string of the molecule is Cc1ccc(N(C)CCCC(C)N)cc1C. The first-order chi connectivity index (χ1) is 7.50. The molecule has 2 nitrogen and oxygen atoms in total. The van der Waals surface area contributed by atoms with Crippen LogP contribution in [-0.2, 0) is 0 Å². The number of rotatable bonds is 5. The minimum atomic E-state index is 0.313. The number of anilines is 1. The van der Waals surface area contributed by atoms with E-state index < -0.39 is 0 Å². The normalized spacial score (nSPS) is 12.6. The zero-order valence-electron chi connectivity index (χ0n) is 11.0. The topological polar surface area (TPSA) is 29.3 Å². The van der Waals surface area contributed by atoms with Crippen LogP contribution in [0.5, 0.6) is 0 Å². The van der Waals surface area contributed by atoms with Gasteiger partial charge in [-0.3, -0.25) is 0 Å². The Balaban J connectivity index is 2.52. The van der Waals surface area contributed by atoms with E-state index in [1.54, 1.807) is 0 Å². The molecule has 0 fully saturated rings. The van der Waals surface area contributed by atoms with Gasteiger partial charge in [-0.25, -0.2) is 0 Å². The Morgan fingerprint density at radius 2 is 1.94 bits per heavy atom. The summed E-state index contributed by atoms with van der Waals surface area (Å²) in [6.45, 7) is 7.45. The van der Waals surface area contributed by atoms with E-state index in [2.05, 4.69) is 50.9 Å². The maximum Gasteiger partial charge on any atom is 0.0366 e. The third kappa shape index (κ3) is 3.86. The molecule has 0 aliphatic rings. The summed E-state index contributed by atoms with van der Waals surface area (Å²) in [4.78, 5) is 2.30. The largest absolute Gasteiger partial charge is 0.375 e. The molecule has 0 spiro atoms. The predicted molar refractivity (Wildman–Crippen MR) is 72.1 cm³/mol. The van der Waals surface area contributed by atoms with Gasteiger partial charge in [0.05, 0.1) is 0 Å². The highest BCUT2D eigenvalue weighted by molar-refractivity contribution is 5.49. The summed E-state index contributed by atoms with van der Waals surface area (Å²) >= 11 is 0. The van der Waals surface area contributed by atoms with Crippen LogP contribution >= 0.6 is 0 Å². The Bertz CT molecular complexity index is 332. The molecule has 90 valence electrons. The van der Waals surface area contributed by atoms with E-state index in [0.29, 0.717) is 6.04 Å². The first-order valence-electron chi connectivity index (χ1n) is 6.04. The molecular weight excluding hydrogens is 196 g/mol. The Morgan fingerprint density at radius 3 is 2.50 bits per heavy atom. The highest BCUT2D eigenvalue weighted by Crippen LogP contribution is 2.17. The third-order valence-electron chi connectivity index (χ3n) is 3.08. The standard InChI is InChI=1S/C14H24N2/c1-11-7-8-14(10-12(11)2)16(4)9-5-6-13(3)15/h7-8,10,13H,5-6,9,15H2,1-4H3. The number of benzene rings is 1. The molecule has 0 heterocycles. The summed E-state index contributed by atoms with van der Waals surface area (Å²) in [5.41, 5.74) is 9.75. The molecule has 0 aliphatic heterocycles. The van der Waals surface area contributed by atoms with Crippen LogP contribution in [0, 0.1) is 13.8 Å². The second-order valence-electron chi connectivity index (χ2n) is 4.81. The Morgan fingerprint density at radius 1 is 1.25 bits per heavy atom. The Labute approximate surface area is 99.5 Å². The summed E-state index contributed by atoms with van der Waals surface area (Å²) in [5, 5.41) is 0. The van der Waals surface area contributed by atoms with Crippen LogP contribution in [0.4, 0.5) is 5.69 Å². The molecule has 2 heteroatoms. The fourth-order valence-corrected chi connectivity index (χ4v) is 1.74. The van der Waals surface area contributed by atoms with Crippen LogP contribution in [0.3, 0.4) is 0 Å². The number of hydrogen-bond acceptors (Lipinski definition) is 2. The molecule has 1 aromatic rings. The van der Waals surface area contributed by atoms with Crippen molar-refractivity contribution in [2.75, 3.05) is 18.5 Å². The van der Waals surface area contributed by atoms with E-state index in [4.69, 9.17) is 5.73 Å². The van der Waals surface area contributed by atoms with Crippen molar-refractivity contribution in [1.82, 2.24) is 0 Å². The molecule has 1 rings (SSSR count). The van der Waals surface area contributed by atoms with Gasteiger partial charge >= 0.3 is 0 Å². The van der Waals surface area contributed by atoms with E-state index in [1.165, 1.54) is 16.8 Å². The summed E-state index contributed by atoms with van der Waals surface area (Å²) in [6.07, 6.45) is 2.25. The molecule has 1 atom stereocenters. The Kier molecular flexibility index (Phi) is 4.81. The fraction of sp³-hybridized carbons (Fsp3) is 0.571. The second-order valence-corrected chi connectivity index (χ2v) is 4.81. The van der Waals surface area contributed by atoms with Gasteiger partial charge < -0.3 is 10.6 Å². The molecule has 1 aromatic carbocycles. The highest BCUT2D eigenvalue weighted by atomic mass is 15.1. The monoisotopic (exact) mass is 220 g/mol. The lowest BCUT2D eigenvalue weighted by molar-refractivity contribution is 0.621. The lowest BCUT2D eigenvalue weighted by atomic mass is 10.1. The second kappa shape index (κ2) is 5.90. The van der Waals surface area contributed by atoms with Crippen molar-refractivity contribution < 1.29 is 0 Å². The first-order valence-corrected chi connectivity index (χ1v) is 6.04. The maximum atomic E-state index is 5.74. The smallest absolute Gasteiger partial charge is 0.0366 e. The van der Waals surface area contributed by atoms with E-state index >= 15 is 0 Å². The molecule has 2 N–H and O–H groups in total. The van der Waals surface area contributed by atoms with Crippen LogP contribution in [0.15, 0.2) is 18.2 Å². The molecule has 1 unspecified atom stereocenters. The molecule has 0 amide bonds. The quantitative estimate of drug-likeness (QED) is 0.826. The molecule has 0 saturated carbocycles. The number of nitrogens with two attached hydrogens (primary N) is 1. The number of aryl methyl sites for hydroxylation is 2. The van der Waals surface area contributed by atoms with Crippen LogP contribution < -0.4 is 10.6 Å². The third-order valence-corrected chi connectivity index (χ3v) is 3.08. The van der Waals surface area contributed by atoms with Crippen LogP contribution in [0.1, 0.15) is 30.9 Å². The fourth-order valence-electron chi connectivity index (χ4n) is 1.74. The van der Waals surface area contributed by atoms with Gasteiger partial charge in [0.15, 0.2) is 0 Å². The van der Waals surface area contributed by atoms with Crippen molar-refractivity contribution in [2.24, 2.45) is 5.73 Å². The lowest BCUT2D eigenvalue weighted by Gasteiger charge is -2.20. The molecule has 0 bridgehead atoms. The van der Waals surface area contributed by atoms with Gasteiger partial charge in [-0.1, -0.05) is 6.07 Å². The molecule has 0 radical (unpaired) electrons. The highest BCUT2D eigenvalue weighted by Gasteiger charge is 2.03. The minimum absolute atomic E-state index is 0.313. The van der Waals surface area contributed by atoms with Crippen LogP contribution in [0.2, 0.25) is 0 Å². The van der Waals surface area contributed by atoms with Gasteiger partial charge in [-0.05, 0) is 56.9 Å². The van der Waals surface area contributed by atoms with Crippen molar-refractivity contribution in [3.63, 3.8) is 0 Å². The molecular formula is C14H24N2. The van der Waals surface area contributed by atoms with Crippen molar-refractivity contribution in [3.05, 3.63) is 29.3 Å². The van der Waals surface area contributed by atoms with Gasteiger partial charge in [-0.2, -0.15) is 0 Å². The van der Waals surface area contributed by atoms with Gasteiger partial charge in [0.2, 0.25) is 0 Å². The average Bonchev–Trinajstić information content (AvgIpc) is 2.21. The molecule has 16 heavy (non-hydrogen) atoms. The van der Waals surface area contributed by atoms with Crippen molar-refractivity contribution >= 4 is 5.69 Å². The van der Waals surface area contributed by atoms with Gasteiger partial charge in [0, 0.05) is 25.3 Å². The van der Waals surface area contributed by atoms with Gasteiger partial charge in [-0.15, -0.1) is 0 Å². The summed E-state index contributed by atoms with van der Waals surface area (Å²) < 4.78 is 0. The predicted octanol–water partition coefficient (Wildman–Crippen LogP) is 2.87. The van der Waals surface area contributed by atoms with Crippen LogP contribution in [-0.4, -0.2) is 19.6 Å². The summed E-state index contributed by atoms with van der Waals surface area (Å²) in [6, 6.07) is 6.94. The zero-order chi connectivity index (χ0) is 12.1. The summed E-state index contributed by atoms with van der Waals surface area (Å²) in [7, 11) is 2.14. The van der Waals surface area contributed by atoms with Gasteiger partial charge in [0.1, 0.15) is 0 Å². The van der Waals surface area contributed by atoms with E-state index in [0.717, 1.165) is 19.4 Å². The van der Waals surface area contributed by atoms with E-state index in [-0.39, 0.29) is 0 Å². The zero-order valence-corrected chi connectivity index (χ0v) is 11.0. The summed E-state index contributed by atoms with van der Waals surface area (Å²) in [5.74, 6) is 0. The molecule has 0 aromatic heterocycles. The van der Waals surface area contributed by atoms with Crippen molar-refractivity contribution in [2.45, 2.75) is 39.7 Å². The van der Waals surface area contributed by atoms with Crippen LogP contribution in [0.25, 0.3) is 0 Å². The minimum Gasteiger partial charge on any atom is -0.375 e. The van der Waals surface area contributed by atoms with E-state index in [9.17, 15) is 0 Å².